The summed E-state index contributed by atoms with van der Waals surface area (Å²) in [7, 11) is 0. The third-order valence-corrected chi connectivity index (χ3v) is 4.93. The van der Waals surface area contributed by atoms with Gasteiger partial charge in [-0.2, -0.15) is 0 Å². The van der Waals surface area contributed by atoms with Crippen LogP contribution in [0.4, 0.5) is 10.5 Å². The van der Waals surface area contributed by atoms with Gasteiger partial charge in [-0.3, -0.25) is 0 Å². The van der Waals surface area contributed by atoms with Gasteiger partial charge in [-0.05, 0) is 30.7 Å². The van der Waals surface area contributed by atoms with Gasteiger partial charge in [0.1, 0.15) is 0 Å². The van der Waals surface area contributed by atoms with Crippen molar-refractivity contribution in [3.63, 3.8) is 0 Å². The van der Waals surface area contributed by atoms with E-state index in [9.17, 15) is 9.59 Å². The first-order chi connectivity index (χ1) is 14.1. The van der Waals surface area contributed by atoms with Crippen molar-refractivity contribution in [1.82, 2.24) is 9.80 Å². The van der Waals surface area contributed by atoms with Gasteiger partial charge in [0.15, 0.2) is 5.70 Å². The van der Waals surface area contributed by atoms with E-state index >= 15 is 0 Å². The molecule has 4 rings (SSSR count). The fraction of sp³-hybridized carbons (Fsp3) is 0.227. The molecule has 2 aliphatic rings. The number of aryl methyl sites for hydroxylation is 1. The van der Waals surface area contributed by atoms with E-state index in [0.717, 1.165) is 16.8 Å². The quantitative estimate of drug-likeness (QED) is 0.646. The topological polar surface area (TPSA) is 74.2 Å². The third-order valence-electron chi connectivity index (χ3n) is 4.93. The van der Waals surface area contributed by atoms with E-state index in [4.69, 9.17) is 4.74 Å². The van der Waals surface area contributed by atoms with Crippen LogP contribution in [-0.2, 0) is 9.53 Å². The van der Waals surface area contributed by atoms with Crippen LogP contribution in [0.25, 0.3) is 0 Å². The normalized spacial score (nSPS) is 17.9. The van der Waals surface area contributed by atoms with Crippen LogP contribution in [0.5, 0.6) is 0 Å². The van der Waals surface area contributed by atoms with E-state index in [1.807, 2.05) is 66.4 Å². The zero-order valence-corrected chi connectivity index (χ0v) is 16.2. The van der Waals surface area contributed by atoms with Crippen molar-refractivity contribution in [3.05, 3.63) is 77.6 Å². The molecule has 7 nitrogen and oxygen atoms in total. The minimum absolute atomic E-state index is 0.122. The molecule has 0 atom stereocenters. The van der Waals surface area contributed by atoms with E-state index in [2.05, 4.69) is 10.3 Å². The molecule has 0 aromatic heterocycles. The molecule has 2 amide bonds. The first-order valence-electron chi connectivity index (χ1n) is 9.54. The SMILES string of the molecule is Cc1ccccc1C1=N/C(=C/N2CCN(C(=O)Nc3ccccc3)CC2)C(=O)O1. The lowest BCUT2D eigenvalue weighted by Crippen LogP contribution is -2.48. The summed E-state index contributed by atoms with van der Waals surface area (Å²) in [6.45, 7) is 4.31. The van der Waals surface area contributed by atoms with E-state index in [-0.39, 0.29) is 11.7 Å². The van der Waals surface area contributed by atoms with Crippen molar-refractivity contribution in [3.8, 4) is 0 Å². The number of aliphatic imine (C=N–C) groups is 1. The first-order valence-corrected chi connectivity index (χ1v) is 9.54. The molecule has 148 valence electrons. The molecular weight excluding hydrogens is 368 g/mol. The van der Waals surface area contributed by atoms with Gasteiger partial charge in [0.25, 0.3) is 0 Å². The van der Waals surface area contributed by atoms with Gasteiger partial charge in [-0.15, -0.1) is 0 Å². The molecule has 0 saturated carbocycles. The summed E-state index contributed by atoms with van der Waals surface area (Å²) in [5.41, 5.74) is 2.87. The van der Waals surface area contributed by atoms with Crippen LogP contribution < -0.4 is 5.32 Å². The number of rotatable bonds is 3. The number of hydrogen-bond acceptors (Lipinski definition) is 5. The van der Waals surface area contributed by atoms with Gasteiger partial charge < -0.3 is 19.9 Å². The summed E-state index contributed by atoms with van der Waals surface area (Å²) in [4.78, 5) is 32.7. The number of benzene rings is 2. The van der Waals surface area contributed by atoms with Crippen LogP contribution in [0.3, 0.4) is 0 Å². The summed E-state index contributed by atoms with van der Waals surface area (Å²) in [5.74, 6) is -0.118. The Morgan fingerprint density at radius 2 is 1.72 bits per heavy atom. The van der Waals surface area contributed by atoms with Crippen molar-refractivity contribution in [2.75, 3.05) is 31.5 Å². The van der Waals surface area contributed by atoms with E-state index in [1.165, 1.54) is 0 Å². The highest BCUT2D eigenvalue weighted by molar-refractivity contribution is 6.11. The number of nitrogens with one attached hydrogen (secondary N) is 1. The Kier molecular flexibility index (Phi) is 5.29. The predicted octanol–water partition coefficient (Wildman–Crippen LogP) is 2.99. The number of hydrogen-bond donors (Lipinski definition) is 1. The maximum absolute atomic E-state index is 12.4. The highest BCUT2D eigenvalue weighted by Gasteiger charge is 2.27. The molecule has 0 spiro atoms. The molecule has 2 aromatic carbocycles. The summed E-state index contributed by atoms with van der Waals surface area (Å²) >= 11 is 0. The number of carbonyl (C=O) groups excluding carboxylic acids is 2. The Morgan fingerprint density at radius 1 is 1.03 bits per heavy atom. The fourth-order valence-corrected chi connectivity index (χ4v) is 3.28. The molecule has 29 heavy (non-hydrogen) atoms. The fourth-order valence-electron chi connectivity index (χ4n) is 3.28. The molecular formula is C22H22N4O3. The van der Waals surface area contributed by atoms with Crippen LogP contribution >= 0.6 is 0 Å². The van der Waals surface area contributed by atoms with E-state index in [0.29, 0.717) is 32.1 Å². The number of cyclic esters (lactones) is 1. The van der Waals surface area contributed by atoms with Crippen LogP contribution in [0.2, 0.25) is 0 Å². The van der Waals surface area contributed by atoms with Gasteiger partial charge in [-0.1, -0.05) is 36.4 Å². The van der Waals surface area contributed by atoms with Crippen molar-refractivity contribution in [1.29, 1.82) is 0 Å². The number of para-hydroxylation sites is 1. The van der Waals surface area contributed by atoms with Crippen LogP contribution in [-0.4, -0.2) is 53.9 Å². The molecule has 1 N–H and O–H groups in total. The standard InChI is InChI=1S/C22H22N4O3/c1-16-7-5-6-10-18(16)20-24-19(21(27)29-20)15-25-11-13-26(14-12-25)22(28)23-17-8-3-2-4-9-17/h2-10,15H,11-14H2,1H3,(H,23,28)/b19-15+. The lowest BCUT2D eigenvalue weighted by Gasteiger charge is -2.34. The number of esters is 1. The zero-order chi connectivity index (χ0) is 20.2. The number of ether oxygens (including phenoxy) is 1. The summed E-state index contributed by atoms with van der Waals surface area (Å²) in [5, 5.41) is 2.89. The number of urea groups is 1. The number of piperazine rings is 1. The highest BCUT2D eigenvalue weighted by Crippen LogP contribution is 2.20. The number of anilines is 1. The molecule has 0 bridgehead atoms. The molecule has 1 saturated heterocycles. The second-order valence-electron chi connectivity index (χ2n) is 6.95. The molecule has 0 unspecified atom stereocenters. The van der Waals surface area contributed by atoms with Gasteiger partial charge >= 0.3 is 12.0 Å². The minimum Gasteiger partial charge on any atom is -0.402 e. The van der Waals surface area contributed by atoms with Crippen molar-refractivity contribution < 1.29 is 14.3 Å². The lowest BCUT2D eigenvalue weighted by atomic mass is 10.1. The average molecular weight is 390 g/mol. The minimum atomic E-state index is -0.451. The van der Waals surface area contributed by atoms with Crippen LogP contribution in [0.15, 0.2) is 71.5 Å². The molecule has 0 radical (unpaired) electrons. The highest BCUT2D eigenvalue weighted by atomic mass is 16.6. The maximum Gasteiger partial charge on any atom is 0.365 e. The first kappa shape index (κ1) is 18.7. The Hall–Kier alpha value is -3.61. The lowest BCUT2D eigenvalue weighted by molar-refractivity contribution is -0.130. The number of carbonyl (C=O) groups is 2. The number of nitrogens with zero attached hydrogens (tertiary/aromatic N) is 3. The van der Waals surface area contributed by atoms with Gasteiger partial charge in [-0.25, -0.2) is 14.6 Å². The summed E-state index contributed by atoms with van der Waals surface area (Å²) < 4.78 is 5.35. The second-order valence-corrected chi connectivity index (χ2v) is 6.95. The predicted molar refractivity (Wildman–Crippen MR) is 110 cm³/mol. The van der Waals surface area contributed by atoms with Gasteiger partial charge in [0, 0.05) is 43.6 Å². The molecule has 2 heterocycles. The van der Waals surface area contributed by atoms with E-state index in [1.54, 1.807) is 11.1 Å². The molecule has 1 fully saturated rings. The van der Waals surface area contributed by atoms with Crippen molar-refractivity contribution in [2.45, 2.75) is 6.92 Å². The molecule has 7 heteroatoms. The van der Waals surface area contributed by atoms with Crippen LogP contribution in [0, 0.1) is 6.92 Å². The van der Waals surface area contributed by atoms with Gasteiger partial charge in [0.2, 0.25) is 5.90 Å². The zero-order valence-electron chi connectivity index (χ0n) is 16.2. The van der Waals surface area contributed by atoms with Crippen molar-refractivity contribution >= 4 is 23.6 Å². The second kappa shape index (κ2) is 8.18. The average Bonchev–Trinajstić information content (AvgIpc) is 3.09. The van der Waals surface area contributed by atoms with Gasteiger partial charge in [0.05, 0.1) is 0 Å². The van der Waals surface area contributed by atoms with Crippen molar-refractivity contribution in [2.24, 2.45) is 4.99 Å². The summed E-state index contributed by atoms with van der Waals surface area (Å²) in [6, 6.07) is 16.9. The summed E-state index contributed by atoms with van der Waals surface area (Å²) in [6.07, 6.45) is 1.72. The third kappa shape index (κ3) is 4.29. The maximum atomic E-state index is 12.4. The number of amides is 2. The Morgan fingerprint density at radius 3 is 2.45 bits per heavy atom. The Balaban J connectivity index is 1.37. The largest absolute Gasteiger partial charge is 0.402 e. The Bertz CT molecular complexity index is 977. The monoisotopic (exact) mass is 390 g/mol. The van der Waals surface area contributed by atoms with E-state index < -0.39 is 5.97 Å². The van der Waals surface area contributed by atoms with Crippen LogP contribution in [0.1, 0.15) is 11.1 Å². The molecule has 0 aliphatic carbocycles. The molecule has 2 aromatic rings. The molecule has 2 aliphatic heterocycles. The Labute approximate surface area is 169 Å². The smallest absolute Gasteiger partial charge is 0.365 e.